The van der Waals surface area contributed by atoms with Gasteiger partial charge in [-0.15, -0.1) is 0 Å². The number of halogens is 4. The number of nitrogens with zero attached hydrogens (tertiary/aromatic N) is 1. The Morgan fingerprint density at radius 1 is 1.18 bits per heavy atom. The van der Waals surface area contributed by atoms with Crippen molar-refractivity contribution >= 4 is 27.4 Å². The second-order valence-corrected chi connectivity index (χ2v) is 7.44. The first-order valence-corrected chi connectivity index (χ1v) is 9.40. The topological polar surface area (TPSA) is 52.9 Å². The number of anilines is 1. The molecule has 3 nitrogen and oxygen atoms in total. The van der Waals surface area contributed by atoms with E-state index < -0.39 is 11.7 Å². The van der Waals surface area contributed by atoms with Gasteiger partial charge in [0, 0.05) is 33.8 Å². The highest BCUT2D eigenvalue weighted by molar-refractivity contribution is 9.10. The van der Waals surface area contributed by atoms with Crippen LogP contribution < -0.4 is 5.32 Å². The fraction of sp³-hybridized carbons (Fsp3) is 0.238. The van der Waals surface area contributed by atoms with Gasteiger partial charge in [0.05, 0.1) is 17.2 Å². The van der Waals surface area contributed by atoms with Crippen LogP contribution in [0.15, 0.2) is 58.2 Å². The van der Waals surface area contributed by atoms with Gasteiger partial charge in [-0.1, -0.05) is 35.0 Å². The molecule has 1 unspecified atom stereocenters. The van der Waals surface area contributed by atoms with E-state index in [9.17, 15) is 18.0 Å². The molecule has 1 aliphatic carbocycles. The molecule has 0 aliphatic heterocycles. The van der Waals surface area contributed by atoms with E-state index in [2.05, 4.69) is 27.3 Å². The Labute approximate surface area is 169 Å². The summed E-state index contributed by atoms with van der Waals surface area (Å²) in [5.74, 6) is -0.302. The van der Waals surface area contributed by atoms with Crippen LogP contribution >= 0.6 is 15.9 Å². The summed E-state index contributed by atoms with van der Waals surface area (Å²) in [5, 5.41) is 12.0. The molecular weight excluding hydrogens is 433 g/mol. The van der Waals surface area contributed by atoms with Gasteiger partial charge < -0.3 is 5.32 Å². The maximum atomic E-state index is 13.0. The van der Waals surface area contributed by atoms with E-state index >= 15 is 0 Å². The molecule has 144 valence electrons. The van der Waals surface area contributed by atoms with E-state index in [1.54, 1.807) is 24.3 Å². The molecule has 0 saturated carbocycles. The van der Waals surface area contributed by atoms with Crippen molar-refractivity contribution < 1.29 is 18.0 Å². The number of carbonyl (C=O) groups is 1. The Morgan fingerprint density at radius 2 is 1.93 bits per heavy atom. The van der Waals surface area contributed by atoms with Crippen LogP contribution in [0.2, 0.25) is 0 Å². The van der Waals surface area contributed by atoms with Crippen molar-refractivity contribution in [3.8, 4) is 6.07 Å². The lowest BCUT2D eigenvalue weighted by Crippen LogP contribution is -2.10. The van der Waals surface area contributed by atoms with Gasteiger partial charge in [0.25, 0.3) is 0 Å². The average molecular weight is 449 g/mol. The second-order valence-electron chi connectivity index (χ2n) is 6.59. The second kappa shape index (κ2) is 7.80. The molecule has 0 bridgehead atoms. The zero-order valence-electron chi connectivity index (χ0n) is 14.9. The maximum Gasteiger partial charge on any atom is 0.416 e. The number of rotatable bonds is 4. The average Bonchev–Trinajstić information content (AvgIpc) is 3.00. The molecule has 1 aliphatic rings. The molecule has 1 atom stereocenters. The number of hydrogen-bond donors (Lipinski definition) is 1. The molecule has 0 heterocycles. The molecular formula is C21H16BrF3N2O. The summed E-state index contributed by atoms with van der Waals surface area (Å²) in [5.41, 5.74) is 2.08. The number of benzene rings is 2. The number of nitriles is 1. The first-order valence-electron chi connectivity index (χ1n) is 8.60. The van der Waals surface area contributed by atoms with E-state index in [4.69, 9.17) is 5.26 Å². The fourth-order valence-corrected chi connectivity index (χ4v) is 4.08. The van der Waals surface area contributed by atoms with Crippen molar-refractivity contribution in [2.75, 3.05) is 5.32 Å². The molecule has 0 saturated heterocycles. The lowest BCUT2D eigenvalue weighted by molar-refractivity contribution is -0.137. The molecule has 0 spiro atoms. The van der Waals surface area contributed by atoms with Crippen molar-refractivity contribution in [1.29, 1.82) is 5.26 Å². The number of hydrogen-bond acceptors (Lipinski definition) is 3. The minimum atomic E-state index is -4.43. The van der Waals surface area contributed by atoms with Gasteiger partial charge in [-0.3, -0.25) is 4.79 Å². The van der Waals surface area contributed by atoms with Crippen molar-refractivity contribution in [3.05, 3.63) is 74.9 Å². The summed E-state index contributed by atoms with van der Waals surface area (Å²) in [6, 6.07) is 12.1. The number of alkyl halides is 3. The molecule has 0 radical (unpaired) electrons. The summed E-state index contributed by atoms with van der Waals surface area (Å²) in [4.78, 5) is 12.5. The lowest BCUT2D eigenvalue weighted by Gasteiger charge is -2.18. The Morgan fingerprint density at radius 3 is 2.57 bits per heavy atom. The van der Waals surface area contributed by atoms with Gasteiger partial charge in [-0.25, -0.2) is 0 Å². The quantitative estimate of drug-likeness (QED) is 0.607. The van der Waals surface area contributed by atoms with Crippen LogP contribution in [0, 0.1) is 11.3 Å². The van der Waals surface area contributed by atoms with Gasteiger partial charge in [-0.05, 0) is 42.3 Å². The Kier molecular flexibility index (Phi) is 5.61. The Balaban J connectivity index is 1.96. The first-order chi connectivity index (χ1) is 13.2. The maximum absolute atomic E-state index is 13.0. The van der Waals surface area contributed by atoms with Crippen LogP contribution in [-0.2, 0) is 11.0 Å². The number of allylic oxidation sites excluding steroid dienone is 2. The fourth-order valence-electron chi connectivity index (χ4n) is 3.36. The van der Waals surface area contributed by atoms with Gasteiger partial charge in [0.1, 0.15) is 0 Å². The molecule has 3 rings (SSSR count). The Hall–Kier alpha value is -2.59. The third kappa shape index (κ3) is 4.12. The monoisotopic (exact) mass is 448 g/mol. The highest BCUT2D eigenvalue weighted by Crippen LogP contribution is 2.38. The van der Waals surface area contributed by atoms with Crippen LogP contribution in [0.5, 0.6) is 0 Å². The van der Waals surface area contributed by atoms with Gasteiger partial charge >= 0.3 is 6.18 Å². The number of carbonyl (C=O) groups excluding carboxylic acids is 1. The summed E-state index contributed by atoms with van der Waals surface area (Å²) in [6.45, 7) is 1.87. The van der Waals surface area contributed by atoms with Crippen LogP contribution in [0.4, 0.5) is 18.9 Å². The predicted molar refractivity (Wildman–Crippen MR) is 104 cm³/mol. The third-order valence-electron chi connectivity index (χ3n) is 4.74. The SMILES string of the molecule is CC(C1=C(Nc2cccc(C(F)(F)F)c2)CCC1=O)c1ccc(C#N)cc1Br. The summed E-state index contributed by atoms with van der Waals surface area (Å²) >= 11 is 3.44. The van der Waals surface area contributed by atoms with Crippen LogP contribution in [0.1, 0.15) is 42.4 Å². The molecule has 2 aromatic rings. The number of Topliss-reactive ketones (excluding diaryl/α,β-unsaturated/α-hetero) is 1. The largest absolute Gasteiger partial charge is 0.416 e. The van der Waals surface area contributed by atoms with E-state index in [0.717, 1.165) is 17.7 Å². The Bertz CT molecular complexity index is 1010. The summed E-state index contributed by atoms with van der Waals surface area (Å²) < 4.78 is 39.6. The molecule has 2 aromatic carbocycles. The van der Waals surface area contributed by atoms with E-state index in [-0.39, 0.29) is 11.7 Å². The minimum Gasteiger partial charge on any atom is -0.359 e. The van der Waals surface area contributed by atoms with E-state index in [1.807, 2.05) is 6.92 Å². The van der Waals surface area contributed by atoms with Gasteiger partial charge in [0.2, 0.25) is 0 Å². The molecule has 0 fully saturated rings. The van der Waals surface area contributed by atoms with Crippen molar-refractivity contribution in [3.63, 3.8) is 0 Å². The molecule has 0 amide bonds. The summed E-state index contributed by atoms with van der Waals surface area (Å²) in [6.07, 6.45) is -3.67. The van der Waals surface area contributed by atoms with Crippen LogP contribution in [-0.4, -0.2) is 5.78 Å². The smallest absolute Gasteiger partial charge is 0.359 e. The van der Waals surface area contributed by atoms with Crippen LogP contribution in [0.3, 0.4) is 0 Å². The first kappa shape index (κ1) is 20.2. The highest BCUT2D eigenvalue weighted by Gasteiger charge is 2.32. The van der Waals surface area contributed by atoms with Crippen molar-refractivity contribution in [2.45, 2.75) is 31.9 Å². The standard InChI is InChI=1S/C21H16BrF3N2O/c1-12(16-6-5-13(11-26)9-17(16)22)20-18(7-8-19(20)28)27-15-4-2-3-14(10-15)21(23,24)25/h2-6,9-10,12,27H,7-8H2,1H3. The normalized spacial score (nSPS) is 15.5. The van der Waals surface area contributed by atoms with Crippen LogP contribution in [0.25, 0.3) is 0 Å². The molecule has 28 heavy (non-hydrogen) atoms. The van der Waals surface area contributed by atoms with E-state index in [1.165, 1.54) is 6.07 Å². The zero-order valence-corrected chi connectivity index (χ0v) is 16.5. The van der Waals surface area contributed by atoms with Crippen molar-refractivity contribution in [2.24, 2.45) is 0 Å². The minimum absolute atomic E-state index is 0.0294. The third-order valence-corrected chi connectivity index (χ3v) is 5.43. The summed E-state index contributed by atoms with van der Waals surface area (Å²) in [7, 11) is 0. The van der Waals surface area contributed by atoms with Gasteiger partial charge in [0.15, 0.2) is 5.78 Å². The molecule has 1 N–H and O–H groups in total. The van der Waals surface area contributed by atoms with Crippen molar-refractivity contribution in [1.82, 2.24) is 0 Å². The highest BCUT2D eigenvalue weighted by atomic mass is 79.9. The molecule has 0 aromatic heterocycles. The van der Waals surface area contributed by atoms with E-state index in [0.29, 0.717) is 39.8 Å². The lowest BCUT2D eigenvalue weighted by atomic mass is 9.90. The number of ketones is 1. The number of nitrogens with one attached hydrogen (secondary N) is 1. The molecule has 7 heteroatoms. The van der Waals surface area contributed by atoms with Gasteiger partial charge in [-0.2, -0.15) is 18.4 Å². The predicted octanol–water partition coefficient (Wildman–Crippen LogP) is 6.17. The zero-order chi connectivity index (χ0) is 20.5.